The van der Waals surface area contributed by atoms with Crippen LogP contribution >= 0.6 is 0 Å². The van der Waals surface area contributed by atoms with Crippen LogP contribution in [0.25, 0.3) is 10.9 Å². The maximum absolute atomic E-state index is 14.2. The van der Waals surface area contributed by atoms with E-state index < -0.39 is 11.9 Å². The predicted octanol–water partition coefficient (Wildman–Crippen LogP) is 3.03. The topological polar surface area (TPSA) is 67.8 Å². The van der Waals surface area contributed by atoms with E-state index in [0.29, 0.717) is 46.9 Å². The van der Waals surface area contributed by atoms with Gasteiger partial charge < -0.3 is 19.3 Å². The monoisotopic (exact) mass is 396 g/mol. The molecule has 4 rings (SSSR count). The Morgan fingerprint density at radius 3 is 2.69 bits per heavy atom. The molecule has 0 radical (unpaired) electrons. The number of halogens is 1. The fourth-order valence-corrected chi connectivity index (χ4v) is 3.73. The van der Waals surface area contributed by atoms with Crippen LogP contribution in [0.15, 0.2) is 42.7 Å². The molecule has 7 nitrogen and oxygen atoms in total. The Hall–Kier alpha value is -3.42. The van der Waals surface area contributed by atoms with Crippen LogP contribution in [0.1, 0.15) is 6.42 Å². The number of anilines is 2. The Morgan fingerprint density at radius 1 is 1.17 bits per heavy atom. The maximum atomic E-state index is 14.2. The first-order valence-corrected chi connectivity index (χ1v) is 9.20. The van der Waals surface area contributed by atoms with Crippen molar-refractivity contribution in [3.63, 3.8) is 0 Å². The molecule has 0 bridgehead atoms. The van der Waals surface area contributed by atoms with Gasteiger partial charge in [0.1, 0.15) is 41.0 Å². The van der Waals surface area contributed by atoms with Gasteiger partial charge in [-0.1, -0.05) is 12.1 Å². The highest BCUT2D eigenvalue weighted by atomic mass is 19.1. The van der Waals surface area contributed by atoms with Crippen LogP contribution in [0, 0.1) is 5.82 Å². The van der Waals surface area contributed by atoms with Crippen LogP contribution in [0.4, 0.5) is 15.9 Å². The number of ether oxygens (including phenoxy) is 2. The SMILES string of the molecule is COc1cc(OC)c2ncnc(N(C)[C@H]3CCN(c4ccccc4F)C3=O)c2c1. The van der Waals surface area contributed by atoms with E-state index in [-0.39, 0.29) is 5.91 Å². The molecule has 1 aliphatic rings. The Morgan fingerprint density at radius 2 is 1.97 bits per heavy atom. The van der Waals surface area contributed by atoms with Crippen molar-refractivity contribution in [2.75, 3.05) is 37.6 Å². The van der Waals surface area contributed by atoms with Crippen molar-refractivity contribution in [1.82, 2.24) is 9.97 Å². The first-order chi connectivity index (χ1) is 14.0. The molecule has 0 saturated carbocycles. The zero-order chi connectivity index (χ0) is 20.5. The Bertz CT molecular complexity index is 1070. The van der Waals surface area contributed by atoms with Crippen LogP contribution in [0.3, 0.4) is 0 Å². The fraction of sp³-hybridized carbons (Fsp3) is 0.286. The number of fused-ring (bicyclic) bond motifs is 1. The van der Waals surface area contributed by atoms with Crippen LogP contribution in [0.5, 0.6) is 11.5 Å². The second-order valence-corrected chi connectivity index (χ2v) is 6.78. The molecule has 1 saturated heterocycles. The number of carbonyl (C=O) groups excluding carboxylic acids is 1. The molecule has 150 valence electrons. The smallest absolute Gasteiger partial charge is 0.249 e. The zero-order valence-electron chi connectivity index (χ0n) is 16.4. The minimum atomic E-state index is -0.468. The quantitative estimate of drug-likeness (QED) is 0.660. The third-order valence-electron chi connectivity index (χ3n) is 5.23. The summed E-state index contributed by atoms with van der Waals surface area (Å²) in [6.45, 7) is 0.435. The van der Waals surface area contributed by atoms with Crippen molar-refractivity contribution in [1.29, 1.82) is 0 Å². The lowest BCUT2D eigenvalue weighted by Crippen LogP contribution is -2.40. The van der Waals surface area contributed by atoms with Crippen LogP contribution in [-0.4, -0.2) is 49.7 Å². The summed E-state index contributed by atoms with van der Waals surface area (Å²) in [6.07, 6.45) is 1.99. The van der Waals surface area contributed by atoms with Gasteiger partial charge >= 0.3 is 0 Å². The molecule has 0 unspecified atom stereocenters. The number of methoxy groups -OCH3 is 2. The number of aromatic nitrogens is 2. The molecular formula is C21H21FN4O3. The summed E-state index contributed by atoms with van der Waals surface area (Å²) in [5, 5.41) is 0.711. The minimum Gasteiger partial charge on any atom is -0.497 e. The molecule has 1 fully saturated rings. The van der Waals surface area contributed by atoms with Crippen LogP contribution in [-0.2, 0) is 4.79 Å². The Balaban J connectivity index is 1.72. The van der Waals surface area contributed by atoms with Crippen LogP contribution in [0.2, 0.25) is 0 Å². The van der Waals surface area contributed by atoms with Gasteiger partial charge in [-0.15, -0.1) is 0 Å². The number of hydrogen-bond acceptors (Lipinski definition) is 6. The summed E-state index contributed by atoms with van der Waals surface area (Å²) in [5.41, 5.74) is 0.922. The number of amides is 1. The molecule has 29 heavy (non-hydrogen) atoms. The van der Waals surface area contributed by atoms with Crippen LogP contribution < -0.4 is 19.3 Å². The molecule has 3 aromatic rings. The summed E-state index contributed by atoms with van der Waals surface area (Å²) >= 11 is 0. The second-order valence-electron chi connectivity index (χ2n) is 6.78. The van der Waals surface area contributed by atoms with Gasteiger partial charge in [0.05, 0.1) is 25.3 Å². The van der Waals surface area contributed by atoms with E-state index in [4.69, 9.17) is 9.47 Å². The minimum absolute atomic E-state index is 0.167. The first-order valence-electron chi connectivity index (χ1n) is 9.20. The highest BCUT2D eigenvalue weighted by molar-refractivity contribution is 6.03. The number of hydrogen-bond donors (Lipinski definition) is 0. The van der Waals surface area contributed by atoms with E-state index in [1.54, 1.807) is 45.5 Å². The summed E-state index contributed by atoms with van der Waals surface area (Å²) < 4.78 is 25.0. The third kappa shape index (κ3) is 3.20. The number of para-hydroxylation sites is 1. The second kappa shape index (κ2) is 7.54. The van der Waals surface area contributed by atoms with Crippen molar-refractivity contribution in [2.45, 2.75) is 12.5 Å². The number of likely N-dealkylation sites (N-methyl/N-ethyl adjacent to an activating group) is 1. The van der Waals surface area contributed by atoms with Crippen molar-refractivity contribution in [2.24, 2.45) is 0 Å². The van der Waals surface area contributed by atoms with E-state index in [0.717, 1.165) is 0 Å². The molecule has 2 aromatic carbocycles. The molecule has 1 atom stereocenters. The van der Waals surface area contributed by atoms with Gasteiger partial charge in [0.15, 0.2) is 0 Å². The van der Waals surface area contributed by atoms with Gasteiger partial charge in [0.25, 0.3) is 0 Å². The number of benzene rings is 2. The molecule has 1 aromatic heterocycles. The summed E-state index contributed by atoms with van der Waals surface area (Å²) in [5.74, 6) is 1.16. The highest BCUT2D eigenvalue weighted by Crippen LogP contribution is 2.35. The molecule has 2 heterocycles. The average molecular weight is 396 g/mol. The van der Waals surface area contributed by atoms with Gasteiger partial charge in [0, 0.05) is 19.7 Å². The molecule has 0 spiro atoms. The number of carbonyl (C=O) groups is 1. The van der Waals surface area contributed by atoms with Gasteiger partial charge in [-0.05, 0) is 24.6 Å². The van der Waals surface area contributed by atoms with Gasteiger partial charge in [-0.3, -0.25) is 4.79 Å². The van der Waals surface area contributed by atoms with E-state index in [9.17, 15) is 9.18 Å². The third-order valence-corrected chi connectivity index (χ3v) is 5.23. The van der Waals surface area contributed by atoms with Crippen molar-refractivity contribution in [3.05, 3.63) is 48.5 Å². The molecule has 0 N–H and O–H groups in total. The fourth-order valence-electron chi connectivity index (χ4n) is 3.73. The summed E-state index contributed by atoms with van der Waals surface area (Å²) in [7, 11) is 4.94. The van der Waals surface area contributed by atoms with Gasteiger partial charge in [-0.2, -0.15) is 0 Å². The molecule has 0 aliphatic carbocycles. The van der Waals surface area contributed by atoms with E-state index in [1.807, 2.05) is 11.0 Å². The normalized spacial score (nSPS) is 16.3. The van der Waals surface area contributed by atoms with Gasteiger partial charge in [0.2, 0.25) is 5.91 Å². The lowest BCUT2D eigenvalue weighted by molar-refractivity contribution is -0.118. The number of nitrogens with zero attached hydrogens (tertiary/aromatic N) is 4. The summed E-state index contributed by atoms with van der Waals surface area (Å²) in [6, 6.07) is 9.40. The van der Waals surface area contributed by atoms with Crippen molar-refractivity contribution < 1.29 is 18.7 Å². The van der Waals surface area contributed by atoms with E-state index in [2.05, 4.69) is 9.97 Å². The maximum Gasteiger partial charge on any atom is 0.249 e. The number of rotatable bonds is 5. The van der Waals surface area contributed by atoms with Crippen molar-refractivity contribution in [3.8, 4) is 11.5 Å². The predicted molar refractivity (Wildman–Crippen MR) is 108 cm³/mol. The Labute approximate surface area is 167 Å². The molecule has 1 amide bonds. The first kappa shape index (κ1) is 18.9. The lowest BCUT2D eigenvalue weighted by atomic mass is 10.1. The van der Waals surface area contributed by atoms with E-state index >= 15 is 0 Å². The lowest BCUT2D eigenvalue weighted by Gasteiger charge is -2.26. The zero-order valence-corrected chi connectivity index (χ0v) is 16.4. The van der Waals surface area contributed by atoms with E-state index in [1.165, 1.54) is 17.3 Å². The standard InChI is InChI=1S/C21H21FN4O3/c1-25(17-8-9-26(21(17)27)16-7-5-4-6-15(16)22)20-14-10-13(28-2)11-18(29-3)19(14)23-12-24-20/h4-7,10-12,17H,8-9H2,1-3H3/t17-/m0/s1. The van der Waals surface area contributed by atoms with Gasteiger partial charge in [-0.25, -0.2) is 14.4 Å². The Kier molecular flexibility index (Phi) is 4.92. The van der Waals surface area contributed by atoms with Crippen molar-refractivity contribution >= 4 is 28.3 Å². The molecular weight excluding hydrogens is 375 g/mol. The summed E-state index contributed by atoms with van der Waals surface area (Å²) in [4.78, 5) is 25.1. The highest BCUT2D eigenvalue weighted by Gasteiger charge is 2.37. The molecule has 8 heteroatoms. The largest absolute Gasteiger partial charge is 0.497 e. The average Bonchev–Trinajstić information content (AvgIpc) is 3.13. The molecule has 1 aliphatic heterocycles.